The molecule has 1 saturated heterocycles. The number of carbonyl (C=O) groups excluding carboxylic acids is 1. The molecule has 0 spiro atoms. The van der Waals surface area contributed by atoms with E-state index in [4.69, 9.17) is 16.3 Å². The van der Waals surface area contributed by atoms with Crippen molar-refractivity contribution in [2.45, 2.75) is 6.18 Å². The molecular formula is C21H22ClF3N4O4. The Hall–Kier alpha value is -3.05. The Morgan fingerprint density at radius 1 is 1.12 bits per heavy atom. The molecule has 0 unspecified atom stereocenters. The number of benzene rings is 2. The predicted octanol–water partition coefficient (Wildman–Crippen LogP) is 3.58. The van der Waals surface area contributed by atoms with Gasteiger partial charge in [-0.3, -0.25) is 19.8 Å². The zero-order valence-electron chi connectivity index (χ0n) is 17.5. The molecule has 1 aliphatic heterocycles. The van der Waals surface area contributed by atoms with Crippen LogP contribution in [0.5, 0.6) is 5.75 Å². The van der Waals surface area contributed by atoms with Crippen molar-refractivity contribution in [2.75, 3.05) is 50.8 Å². The standard InChI is InChI=1S/C21H22ClF3N4O4/c22-16-2-4-17(5-3-16)33-12-7-26-20(30)14-27-8-10-28(11-9-27)18-6-1-15(21(23,24)25)13-19(18)29(31)32/h1-6,13H,7-12,14H2,(H,26,30). The van der Waals surface area contributed by atoms with Crippen LogP contribution in [0.1, 0.15) is 5.56 Å². The van der Waals surface area contributed by atoms with Gasteiger partial charge in [0.05, 0.1) is 23.6 Å². The summed E-state index contributed by atoms with van der Waals surface area (Å²) in [4.78, 5) is 26.2. The smallest absolute Gasteiger partial charge is 0.416 e. The summed E-state index contributed by atoms with van der Waals surface area (Å²) in [6, 6.07) is 9.39. The van der Waals surface area contributed by atoms with Crippen molar-refractivity contribution in [2.24, 2.45) is 0 Å². The predicted molar refractivity (Wildman–Crippen MR) is 117 cm³/mol. The fourth-order valence-electron chi connectivity index (χ4n) is 3.41. The van der Waals surface area contributed by atoms with Crippen molar-refractivity contribution in [3.63, 3.8) is 0 Å². The average Bonchev–Trinajstić information content (AvgIpc) is 2.77. The molecular weight excluding hydrogens is 465 g/mol. The van der Waals surface area contributed by atoms with Gasteiger partial charge in [0, 0.05) is 37.3 Å². The molecule has 8 nitrogen and oxygen atoms in total. The molecule has 1 fully saturated rings. The van der Waals surface area contributed by atoms with Crippen LogP contribution in [0.4, 0.5) is 24.5 Å². The molecule has 12 heteroatoms. The van der Waals surface area contributed by atoms with Crippen LogP contribution in [0.2, 0.25) is 5.02 Å². The molecule has 1 heterocycles. The highest BCUT2D eigenvalue weighted by atomic mass is 35.5. The van der Waals surface area contributed by atoms with E-state index in [-0.39, 0.29) is 18.1 Å². The highest BCUT2D eigenvalue weighted by molar-refractivity contribution is 6.30. The van der Waals surface area contributed by atoms with Crippen LogP contribution < -0.4 is 15.0 Å². The summed E-state index contributed by atoms with van der Waals surface area (Å²) in [5.41, 5.74) is -1.51. The van der Waals surface area contributed by atoms with Gasteiger partial charge in [-0.05, 0) is 36.4 Å². The number of nitrogens with one attached hydrogen (secondary N) is 1. The molecule has 0 radical (unpaired) electrons. The van der Waals surface area contributed by atoms with Crippen molar-refractivity contribution in [1.29, 1.82) is 0 Å². The molecule has 1 N–H and O–H groups in total. The van der Waals surface area contributed by atoms with Gasteiger partial charge in [-0.25, -0.2) is 0 Å². The number of hydrogen-bond acceptors (Lipinski definition) is 6. The topological polar surface area (TPSA) is 88.0 Å². The van der Waals surface area contributed by atoms with E-state index in [1.54, 1.807) is 29.2 Å². The fourth-order valence-corrected chi connectivity index (χ4v) is 3.54. The van der Waals surface area contributed by atoms with Crippen LogP contribution in [-0.2, 0) is 11.0 Å². The molecule has 1 amide bonds. The third kappa shape index (κ3) is 6.96. The van der Waals surface area contributed by atoms with Gasteiger partial charge >= 0.3 is 6.18 Å². The first-order chi connectivity index (χ1) is 15.6. The van der Waals surface area contributed by atoms with Gasteiger partial charge in [0.2, 0.25) is 5.91 Å². The van der Waals surface area contributed by atoms with Gasteiger partial charge in [0.1, 0.15) is 18.0 Å². The van der Waals surface area contributed by atoms with E-state index in [1.807, 2.05) is 4.90 Å². The zero-order chi connectivity index (χ0) is 24.0. The first kappa shape index (κ1) is 24.6. The maximum Gasteiger partial charge on any atom is 0.416 e. The van der Waals surface area contributed by atoms with Crippen molar-refractivity contribution < 1.29 is 27.6 Å². The molecule has 0 aromatic heterocycles. The van der Waals surface area contributed by atoms with Crippen molar-refractivity contribution in [3.05, 3.63) is 63.2 Å². The van der Waals surface area contributed by atoms with Crippen LogP contribution in [-0.4, -0.2) is 61.6 Å². The number of piperazine rings is 1. The van der Waals surface area contributed by atoms with E-state index in [0.717, 1.165) is 12.1 Å². The second kappa shape index (κ2) is 10.7. The highest BCUT2D eigenvalue weighted by Gasteiger charge is 2.34. The summed E-state index contributed by atoms with van der Waals surface area (Å²) in [5.74, 6) is 0.450. The fraction of sp³-hybridized carbons (Fsp3) is 0.381. The Morgan fingerprint density at radius 3 is 2.39 bits per heavy atom. The number of alkyl halides is 3. The van der Waals surface area contributed by atoms with Crippen LogP contribution in [0.25, 0.3) is 0 Å². The Kier molecular flexibility index (Phi) is 7.98. The lowest BCUT2D eigenvalue weighted by molar-refractivity contribution is -0.384. The minimum Gasteiger partial charge on any atom is -0.492 e. The Balaban J connectivity index is 1.45. The number of nitro groups is 1. The largest absolute Gasteiger partial charge is 0.492 e. The van der Waals surface area contributed by atoms with Gasteiger partial charge in [0.15, 0.2) is 0 Å². The van der Waals surface area contributed by atoms with E-state index >= 15 is 0 Å². The number of nitro benzene ring substituents is 1. The highest BCUT2D eigenvalue weighted by Crippen LogP contribution is 2.36. The number of halogens is 4. The number of anilines is 1. The summed E-state index contributed by atoms with van der Waals surface area (Å²) >= 11 is 5.80. The van der Waals surface area contributed by atoms with Gasteiger partial charge in [0.25, 0.3) is 5.69 Å². The van der Waals surface area contributed by atoms with Crippen molar-refractivity contribution in [3.8, 4) is 5.75 Å². The monoisotopic (exact) mass is 486 g/mol. The van der Waals surface area contributed by atoms with Gasteiger partial charge in [-0.1, -0.05) is 11.6 Å². The minimum absolute atomic E-state index is 0.136. The summed E-state index contributed by atoms with van der Waals surface area (Å²) in [6.07, 6.45) is -4.66. The molecule has 0 aliphatic carbocycles. The number of nitrogens with zero attached hydrogens (tertiary/aromatic N) is 3. The second-order valence-electron chi connectivity index (χ2n) is 7.37. The van der Waals surface area contributed by atoms with Crippen molar-refractivity contribution >= 4 is 28.9 Å². The van der Waals surface area contributed by atoms with Crippen molar-refractivity contribution in [1.82, 2.24) is 10.2 Å². The van der Waals surface area contributed by atoms with E-state index in [9.17, 15) is 28.1 Å². The summed E-state index contributed by atoms with van der Waals surface area (Å²) in [7, 11) is 0. The Morgan fingerprint density at radius 2 is 1.79 bits per heavy atom. The molecule has 178 valence electrons. The lowest BCUT2D eigenvalue weighted by Crippen LogP contribution is -2.50. The molecule has 1 aliphatic rings. The molecule has 0 bridgehead atoms. The number of ether oxygens (including phenoxy) is 1. The first-order valence-electron chi connectivity index (χ1n) is 10.1. The maximum absolute atomic E-state index is 12.9. The average molecular weight is 487 g/mol. The van der Waals surface area contributed by atoms with Crippen LogP contribution >= 0.6 is 11.6 Å². The van der Waals surface area contributed by atoms with Gasteiger partial charge in [-0.2, -0.15) is 13.2 Å². The first-order valence-corrected chi connectivity index (χ1v) is 10.5. The Labute approximate surface area is 193 Å². The SMILES string of the molecule is O=C(CN1CCN(c2ccc(C(F)(F)F)cc2[N+](=O)[O-])CC1)NCCOc1ccc(Cl)cc1. The summed E-state index contributed by atoms with van der Waals surface area (Å²) < 4.78 is 44.2. The quantitative estimate of drug-likeness (QED) is 0.348. The molecule has 33 heavy (non-hydrogen) atoms. The maximum atomic E-state index is 12.9. The van der Waals surface area contributed by atoms with E-state index in [0.29, 0.717) is 56.2 Å². The number of hydrogen-bond donors (Lipinski definition) is 1. The van der Waals surface area contributed by atoms with Crippen LogP contribution in [0.15, 0.2) is 42.5 Å². The van der Waals surface area contributed by atoms with E-state index in [2.05, 4.69) is 5.32 Å². The third-order valence-electron chi connectivity index (χ3n) is 5.09. The number of amides is 1. The molecule has 2 aromatic rings. The lowest BCUT2D eigenvalue weighted by Gasteiger charge is -2.35. The minimum atomic E-state index is -4.66. The molecule has 0 atom stereocenters. The van der Waals surface area contributed by atoms with Crippen LogP contribution in [0.3, 0.4) is 0 Å². The second-order valence-corrected chi connectivity index (χ2v) is 7.81. The number of carbonyl (C=O) groups is 1. The van der Waals surface area contributed by atoms with Crippen LogP contribution in [0, 0.1) is 10.1 Å². The molecule has 2 aromatic carbocycles. The van der Waals surface area contributed by atoms with E-state index < -0.39 is 22.4 Å². The zero-order valence-corrected chi connectivity index (χ0v) is 18.2. The number of rotatable bonds is 8. The Bertz CT molecular complexity index is 980. The molecule has 0 saturated carbocycles. The lowest BCUT2D eigenvalue weighted by atomic mass is 10.1. The van der Waals surface area contributed by atoms with E-state index in [1.165, 1.54) is 0 Å². The third-order valence-corrected chi connectivity index (χ3v) is 5.34. The van der Waals surface area contributed by atoms with Gasteiger partial charge < -0.3 is 15.0 Å². The van der Waals surface area contributed by atoms with Gasteiger partial charge in [-0.15, -0.1) is 0 Å². The summed E-state index contributed by atoms with van der Waals surface area (Å²) in [5, 5.41) is 14.7. The molecule has 3 rings (SSSR count). The summed E-state index contributed by atoms with van der Waals surface area (Å²) in [6.45, 7) is 2.32. The normalized spacial score (nSPS) is 14.7.